The average molecular weight is 301 g/mol. The van der Waals surface area contributed by atoms with Gasteiger partial charge in [0.05, 0.1) is 0 Å². The Morgan fingerprint density at radius 2 is 2.21 bits per heavy atom. The number of hydrogen-bond donors (Lipinski definition) is 0. The number of hydrogen-bond acceptors (Lipinski definition) is 4. The van der Waals surface area contributed by atoms with E-state index in [1.165, 1.54) is 0 Å². The van der Waals surface area contributed by atoms with Crippen LogP contribution in [0.15, 0.2) is 11.2 Å². The van der Waals surface area contributed by atoms with E-state index >= 15 is 0 Å². The lowest BCUT2D eigenvalue weighted by Crippen LogP contribution is -2.39. The van der Waals surface area contributed by atoms with Crippen LogP contribution in [0.2, 0.25) is 0 Å². The van der Waals surface area contributed by atoms with E-state index in [2.05, 4.69) is 4.98 Å². The van der Waals surface area contributed by atoms with Gasteiger partial charge in [0.2, 0.25) is 0 Å². The van der Waals surface area contributed by atoms with Crippen LogP contribution in [0.25, 0.3) is 0 Å². The minimum Gasteiger partial charge on any atom is -0.336 e. The summed E-state index contributed by atoms with van der Waals surface area (Å²) in [6.07, 6.45) is 2.64. The van der Waals surface area contributed by atoms with E-state index in [-0.39, 0.29) is 17.0 Å². The summed E-state index contributed by atoms with van der Waals surface area (Å²) < 4.78 is 28.8. The highest BCUT2D eigenvalue weighted by atomic mass is 32.2. The van der Waals surface area contributed by atoms with Gasteiger partial charge in [-0.3, -0.25) is 0 Å². The normalized spacial score (nSPS) is 27.6. The van der Waals surface area contributed by atoms with E-state index in [1.54, 1.807) is 10.5 Å². The molecule has 0 amide bonds. The fraction of sp³-hybridized carbons (Fsp3) is 0.750. The maximum atomic E-state index is 12.7. The molecule has 0 radical (unpaired) electrons. The molecule has 1 aromatic rings. The van der Waals surface area contributed by atoms with Gasteiger partial charge < -0.3 is 4.57 Å². The van der Waals surface area contributed by atoms with E-state index in [0.717, 1.165) is 18.0 Å². The van der Waals surface area contributed by atoms with E-state index in [9.17, 15) is 8.42 Å². The van der Waals surface area contributed by atoms with Crippen molar-refractivity contribution in [2.75, 3.05) is 12.3 Å². The van der Waals surface area contributed by atoms with Crippen molar-refractivity contribution in [1.82, 2.24) is 13.9 Å². The van der Waals surface area contributed by atoms with Gasteiger partial charge in [0.1, 0.15) is 5.82 Å². The highest BCUT2D eigenvalue weighted by Crippen LogP contribution is 2.40. The fourth-order valence-electron chi connectivity index (χ4n) is 2.89. The minimum atomic E-state index is -3.42. The zero-order valence-corrected chi connectivity index (χ0v) is 13.0. The first-order chi connectivity index (χ1) is 8.89. The van der Waals surface area contributed by atoms with Crippen molar-refractivity contribution in [1.29, 1.82) is 0 Å². The number of nitrogens with zero attached hydrogens (tertiary/aromatic N) is 3. The van der Waals surface area contributed by atoms with Crippen LogP contribution in [0.5, 0.6) is 0 Å². The molecular weight excluding hydrogens is 282 g/mol. The van der Waals surface area contributed by atoms with Gasteiger partial charge in [-0.25, -0.2) is 13.4 Å². The second kappa shape index (κ2) is 4.49. The molecule has 0 aromatic carbocycles. The molecule has 3 rings (SSSR count). The van der Waals surface area contributed by atoms with Crippen molar-refractivity contribution in [2.24, 2.45) is 7.05 Å². The topological polar surface area (TPSA) is 55.2 Å². The molecule has 2 fully saturated rings. The van der Waals surface area contributed by atoms with Crippen LogP contribution >= 0.6 is 11.8 Å². The van der Waals surface area contributed by atoms with E-state index < -0.39 is 10.0 Å². The van der Waals surface area contributed by atoms with Gasteiger partial charge in [-0.15, -0.1) is 0 Å². The van der Waals surface area contributed by atoms with Crippen LogP contribution in [0.3, 0.4) is 0 Å². The van der Waals surface area contributed by atoms with Crippen LogP contribution in [0.4, 0.5) is 0 Å². The molecule has 0 saturated carbocycles. The Balaban J connectivity index is 1.94. The predicted molar refractivity (Wildman–Crippen MR) is 75.8 cm³/mol. The molecule has 2 aliphatic rings. The molecule has 2 atom stereocenters. The predicted octanol–water partition coefficient (Wildman–Crippen LogP) is 1.42. The van der Waals surface area contributed by atoms with Crippen LogP contribution in [-0.2, 0) is 17.1 Å². The summed E-state index contributed by atoms with van der Waals surface area (Å²) in [7, 11) is -1.56. The lowest BCUT2D eigenvalue weighted by molar-refractivity contribution is 0.408. The molecule has 106 valence electrons. The van der Waals surface area contributed by atoms with Gasteiger partial charge in [0.15, 0.2) is 5.03 Å². The Bertz CT molecular complexity index is 594. The highest BCUT2D eigenvalue weighted by molar-refractivity contribution is 8.00. The Kier molecular flexibility index (Phi) is 3.18. The van der Waals surface area contributed by atoms with Crippen LogP contribution < -0.4 is 0 Å². The van der Waals surface area contributed by atoms with Gasteiger partial charge in [-0.2, -0.15) is 16.1 Å². The summed E-state index contributed by atoms with van der Waals surface area (Å²) in [5.41, 5.74) is 0. The van der Waals surface area contributed by atoms with E-state index in [4.69, 9.17) is 0 Å². The SMILES string of the molecule is CC(C)c1nc(S(=O)(=O)N2CC3CC2CS3)cn1C. The number of rotatable bonds is 3. The van der Waals surface area contributed by atoms with Gasteiger partial charge >= 0.3 is 0 Å². The Labute approximate surface area is 118 Å². The Morgan fingerprint density at radius 3 is 2.68 bits per heavy atom. The summed E-state index contributed by atoms with van der Waals surface area (Å²) in [6, 6.07) is 0.171. The fourth-order valence-corrected chi connectivity index (χ4v) is 6.19. The molecule has 0 aliphatic carbocycles. The van der Waals surface area contributed by atoms with Crippen LogP contribution in [-0.4, -0.2) is 45.9 Å². The van der Waals surface area contributed by atoms with Crippen molar-refractivity contribution in [3.63, 3.8) is 0 Å². The average Bonchev–Trinajstić information content (AvgIpc) is 3.01. The molecule has 2 unspecified atom stereocenters. The molecule has 2 aliphatic heterocycles. The minimum absolute atomic E-state index is 0.171. The zero-order valence-electron chi connectivity index (χ0n) is 11.4. The number of thioether (sulfide) groups is 1. The summed E-state index contributed by atoms with van der Waals surface area (Å²) in [6.45, 7) is 4.69. The Hall–Kier alpha value is -0.530. The molecule has 3 heterocycles. The van der Waals surface area contributed by atoms with Crippen molar-refractivity contribution < 1.29 is 8.42 Å². The smallest absolute Gasteiger partial charge is 0.262 e. The molecule has 7 heteroatoms. The van der Waals surface area contributed by atoms with Gasteiger partial charge in [-0.1, -0.05) is 13.8 Å². The molecule has 0 spiro atoms. The molecule has 19 heavy (non-hydrogen) atoms. The third-order valence-corrected chi connectivity index (χ3v) is 7.01. The molecule has 1 aromatic heterocycles. The number of imidazole rings is 1. The third-order valence-electron chi connectivity index (χ3n) is 3.83. The van der Waals surface area contributed by atoms with Crippen molar-refractivity contribution >= 4 is 21.8 Å². The first-order valence-electron chi connectivity index (χ1n) is 6.56. The second-order valence-corrected chi connectivity index (χ2v) is 8.79. The maximum absolute atomic E-state index is 12.7. The second-order valence-electron chi connectivity index (χ2n) is 5.62. The number of aryl methyl sites for hydroxylation is 1. The summed E-state index contributed by atoms with van der Waals surface area (Å²) in [5.74, 6) is 1.96. The van der Waals surface area contributed by atoms with Crippen molar-refractivity contribution in [3.8, 4) is 0 Å². The molecule has 2 bridgehead atoms. The zero-order chi connectivity index (χ0) is 13.8. The number of sulfonamides is 1. The van der Waals surface area contributed by atoms with Crippen LogP contribution in [0, 0.1) is 0 Å². The Morgan fingerprint density at radius 1 is 1.47 bits per heavy atom. The standard InChI is InChI=1S/C12H19N3O2S2/c1-8(2)12-13-11(6-14(12)3)19(16,17)15-5-10-4-9(15)7-18-10/h6,8-10H,4-5,7H2,1-3H3. The summed E-state index contributed by atoms with van der Waals surface area (Å²) in [5, 5.41) is 0.685. The van der Waals surface area contributed by atoms with E-state index in [0.29, 0.717) is 11.8 Å². The maximum Gasteiger partial charge on any atom is 0.262 e. The quantitative estimate of drug-likeness (QED) is 0.847. The number of fused-ring (bicyclic) bond motifs is 2. The van der Waals surface area contributed by atoms with Gasteiger partial charge in [0.25, 0.3) is 10.0 Å². The summed E-state index contributed by atoms with van der Waals surface area (Å²) >= 11 is 1.89. The third kappa shape index (κ3) is 2.11. The lowest BCUT2D eigenvalue weighted by Gasteiger charge is -2.24. The van der Waals surface area contributed by atoms with E-state index in [1.807, 2.05) is 37.2 Å². The lowest BCUT2D eigenvalue weighted by atomic mass is 10.2. The van der Waals surface area contributed by atoms with Crippen LogP contribution in [0.1, 0.15) is 32.0 Å². The molecule has 5 nitrogen and oxygen atoms in total. The monoisotopic (exact) mass is 301 g/mol. The van der Waals surface area contributed by atoms with Gasteiger partial charge in [0, 0.05) is 42.8 Å². The highest BCUT2D eigenvalue weighted by Gasteiger charge is 2.45. The number of aromatic nitrogens is 2. The first kappa shape index (κ1) is 13.5. The van der Waals surface area contributed by atoms with Gasteiger partial charge in [-0.05, 0) is 6.42 Å². The first-order valence-corrected chi connectivity index (χ1v) is 9.05. The van der Waals surface area contributed by atoms with Crippen molar-refractivity contribution in [2.45, 2.75) is 42.5 Å². The van der Waals surface area contributed by atoms with Crippen molar-refractivity contribution in [3.05, 3.63) is 12.0 Å². The molecular formula is C12H19N3O2S2. The largest absolute Gasteiger partial charge is 0.336 e. The molecule has 0 N–H and O–H groups in total. The molecule has 2 saturated heterocycles. The summed E-state index contributed by atoms with van der Waals surface area (Å²) in [4.78, 5) is 4.34.